The number of rotatable bonds is 2. The smallest absolute Gasteiger partial charge is 0.352 e. The number of nitrogens with one attached hydrogen (secondary N) is 1. The number of hydrogen-bond donors (Lipinski definition) is 1. The summed E-state index contributed by atoms with van der Waals surface area (Å²) in [6, 6.07) is 1.95. The first-order chi connectivity index (χ1) is 7.36. The highest BCUT2D eigenvalue weighted by molar-refractivity contribution is 5.95. The Kier molecular flexibility index (Phi) is 5.12. The molecule has 1 aromatic rings. The van der Waals surface area contributed by atoms with Crippen LogP contribution in [0.3, 0.4) is 0 Å². The van der Waals surface area contributed by atoms with Gasteiger partial charge in [-0.1, -0.05) is 7.43 Å². The van der Waals surface area contributed by atoms with Gasteiger partial charge in [0.25, 0.3) is 5.91 Å². The second-order valence-corrected chi connectivity index (χ2v) is 3.05. The predicted octanol–water partition coefficient (Wildman–Crippen LogP) is 3.23. The van der Waals surface area contributed by atoms with Gasteiger partial charge in [-0.15, -0.1) is 0 Å². The molecule has 0 saturated heterocycles. The summed E-state index contributed by atoms with van der Waals surface area (Å²) >= 11 is 0. The van der Waals surface area contributed by atoms with Crippen LogP contribution in [0.15, 0.2) is 18.2 Å². The quantitative estimate of drug-likeness (QED) is 0.803. The summed E-state index contributed by atoms with van der Waals surface area (Å²) in [5.74, 6) is -1.89. The summed E-state index contributed by atoms with van der Waals surface area (Å²) in [5.41, 5.74) is -1.84. The Morgan fingerprint density at radius 3 is 2.41 bits per heavy atom. The van der Waals surface area contributed by atoms with Gasteiger partial charge in [0.1, 0.15) is 5.82 Å². The minimum absolute atomic E-state index is 0. The van der Waals surface area contributed by atoms with Crippen LogP contribution < -0.4 is 5.32 Å². The molecule has 0 aliphatic rings. The Morgan fingerprint density at radius 1 is 1.35 bits per heavy atom. The van der Waals surface area contributed by atoms with Gasteiger partial charge in [-0.2, -0.15) is 13.2 Å². The van der Waals surface area contributed by atoms with Crippen LogP contribution in [0.4, 0.5) is 17.6 Å². The first-order valence-electron chi connectivity index (χ1n) is 4.51. The molecule has 1 amide bonds. The van der Waals surface area contributed by atoms with Crippen LogP contribution in [0, 0.1) is 5.82 Å². The molecule has 0 atom stereocenters. The topological polar surface area (TPSA) is 29.1 Å². The second-order valence-electron chi connectivity index (χ2n) is 3.05. The van der Waals surface area contributed by atoms with Gasteiger partial charge in [-0.3, -0.25) is 4.79 Å². The Balaban J connectivity index is 0.00000256. The zero-order chi connectivity index (χ0) is 12.3. The van der Waals surface area contributed by atoms with Crippen molar-refractivity contribution in [2.75, 3.05) is 6.54 Å². The highest BCUT2D eigenvalue weighted by atomic mass is 19.4. The first-order valence-corrected chi connectivity index (χ1v) is 4.51. The predicted molar refractivity (Wildman–Crippen MR) is 56.1 cm³/mol. The van der Waals surface area contributed by atoms with Crippen LogP contribution in [0.5, 0.6) is 0 Å². The van der Waals surface area contributed by atoms with Crippen molar-refractivity contribution in [3.05, 3.63) is 35.1 Å². The minimum Gasteiger partial charge on any atom is -0.352 e. The molecule has 0 bridgehead atoms. The van der Waals surface area contributed by atoms with Gasteiger partial charge in [-0.25, -0.2) is 4.39 Å². The third kappa shape index (κ3) is 3.72. The van der Waals surface area contributed by atoms with Crippen molar-refractivity contribution in [3.8, 4) is 0 Å². The molecule has 0 aromatic heterocycles. The third-order valence-corrected chi connectivity index (χ3v) is 1.87. The lowest BCUT2D eigenvalue weighted by atomic mass is 10.1. The van der Waals surface area contributed by atoms with Crippen molar-refractivity contribution < 1.29 is 22.4 Å². The fraction of sp³-hybridized carbons (Fsp3) is 0.364. The van der Waals surface area contributed by atoms with E-state index in [9.17, 15) is 22.4 Å². The molecule has 1 aromatic carbocycles. The van der Waals surface area contributed by atoms with E-state index in [1.807, 2.05) is 0 Å². The molecule has 0 radical (unpaired) electrons. The Labute approximate surface area is 96.6 Å². The number of amides is 1. The van der Waals surface area contributed by atoms with E-state index < -0.39 is 29.0 Å². The number of benzene rings is 1. The maximum Gasteiger partial charge on any atom is 0.417 e. The standard InChI is InChI=1S/C10H9F4NO.CH4/c1-2-15-9(16)7-4-3-6(11)5-8(7)10(12,13)14;/h3-5H,2H2,1H3,(H,15,16);1H4. The molecule has 0 heterocycles. The van der Waals surface area contributed by atoms with E-state index in [1.54, 1.807) is 6.92 Å². The van der Waals surface area contributed by atoms with Crippen molar-refractivity contribution in [2.45, 2.75) is 20.5 Å². The molecule has 17 heavy (non-hydrogen) atoms. The summed E-state index contributed by atoms with van der Waals surface area (Å²) in [6.07, 6.45) is -4.75. The van der Waals surface area contributed by atoms with Crippen molar-refractivity contribution in [1.29, 1.82) is 0 Å². The van der Waals surface area contributed by atoms with Crippen molar-refractivity contribution in [3.63, 3.8) is 0 Å². The molecule has 1 N–H and O–H groups in total. The first kappa shape index (κ1) is 15.4. The zero-order valence-electron chi connectivity index (χ0n) is 8.36. The Bertz CT molecular complexity index is 401. The fourth-order valence-corrected chi connectivity index (χ4v) is 1.20. The van der Waals surface area contributed by atoms with Gasteiger partial charge in [-0.05, 0) is 25.1 Å². The van der Waals surface area contributed by atoms with Crippen LogP contribution in [0.25, 0.3) is 0 Å². The van der Waals surface area contributed by atoms with Gasteiger partial charge >= 0.3 is 6.18 Å². The number of carbonyl (C=O) groups is 1. The van der Waals surface area contributed by atoms with Crippen LogP contribution in [-0.2, 0) is 6.18 Å². The Morgan fingerprint density at radius 2 is 1.94 bits per heavy atom. The normalized spacial score (nSPS) is 10.6. The highest BCUT2D eigenvalue weighted by Crippen LogP contribution is 2.32. The molecule has 0 spiro atoms. The van der Waals surface area contributed by atoms with E-state index in [0.717, 1.165) is 12.1 Å². The lowest BCUT2D eigenvalue weighted by molar-refractivity contribution is -0.138. The van der Waals surface area contributed by atoms with Gasteiger partial charge in [0.15, 0.2) is 0 Å². The number of alkyl halides is 3. The molecule has 2 nitrogen and oxygen atoms in total. The molecule has 96 valence electrons. The van der Waals surface area contributed by atoms with Gasteiger partial charge in [0.2, 0.25) is 0 Å². The van der Waals surface area contributed by atoms with E-state index in [4.69, 9.17) is 0 Å². The van der Waals surface area contributed by atoms with E-state index in [2.05, 4.69) is 5.32 Å². The van der Waals surface area contributed by atoms with E-state index in [1.165, 1.54) is 0 Å². The average Bonchev–Trinajstić information content (AvgIpc) is 2.16. The van der Waals surface area contributed by atoms with Crippen molar-refractivity contribution >= 4 is 5.91 Å². The summed E-state index contributed by atoms with van der Waals surface area (Å²) in [5, 5.41) is 2.23. The van der Waals surface area contributed by atoms with E-state index in [-0.39, 0.29) is 14.0 Å². The summed E-state index contributed by atoms with van der Waals surface area (Å²) in [4.78, 5) is 11.3. The number of halogens is 4. The molecule has 0 aliphatic carbocycles. The summed E-state index contributed by atoms with van der Waals surface area (Å²) < 4.78 is 50.1. The van der Waals surface area contributed by atoms with Crippen LogP contribution >= 0.6 is 0 Å². The van der Waals surface area contributed by atoms with Crippen LogP contribution in [0.2, 0.25) is 0 Å². The maximum atomic E-state index is 12.7. The highest BCUT2D eigenvalue weighted by Gasteiger charge is 2.35. The molecular formula is C11H13F4NO. The molecular weight excluding hydrogens is 238 g/mol. The second kappa shape index (κ2) is 5.65. The van der Waals surface area contributed by atoms with Gasteiger partial charge in [0, 0.05) is 6.54 Å². The lowest BCUT2D eigenvalue weighted by Gasteiger charge is -2.12. The van der Waals surface area contributed by atoms with E-state index >= 15 is 0 Å². The van der Waals surface area contributed by atoms with Gasteiger partial charge in [0.05, 0.1) is 11.1 Å². The van der Waals surface area contributed by atoms with Crippen LogP contribution in [-0.4, -0.2) is 12.5 Å². The van der Waals surface area contributed by atoms with Crippen molar-refractivity contribution in [2.24, 2.45) is 0 Å². The fourth-order valence-electron chi connectivity index (χ4n) is 1.20. The average molecular weight is 251 g/mol. The lowest BCUT2D eigenvalue weighted by Crippen LogP contribution is -2.26. The summed E-state index contributed by atoms with van der Waals surface area (Å²) in [6.45, 7) is 1.78. The number of carbonyl (C=O) groups excluding carboxylic acids is 1. The van der Waals surface area contributed by atoms with E-state index in [0.29, 0.717) is 6.07 Å². The maximum absolute atomic E-state index is 12.7. The minimum atomic E-state index is -4.75. The molecule has 0 aliphatic heterocycles. The molecule has 0 saturated carbocycles. The number of hydrogen-bond acceptors (Lipinski definition) is 1. The molecule has 0 unspecified atom stereocenters. The largest absolute Gasteiger partial charge is 0.417 e. The molecule has 6 heteroatoms. The van der Waals surface area contributed by atoms with Gasteiger partial charge < -0.3 is 5.32 Å². The van der Waals surface area contributed by atoms with Crippen LogP contribution in [0.1, 0.15) is 30.3 Å². The molecule has 1 rings (SSSR count). The van der Waals surface area contributed by atoms with Crippen molar-refractivity contribution in [1.82, 2.24) is 5.32 Å². The summed E-state index contributed by atoms with van der Waals surface area (Å²) in [7, 11) is 0. The zero-order valence-corrected chi connectivity index (χ0v) is 8.36. The molecule has 0 fully saturated rings. The SMILES string of the molecule is C.CCNC(=O)c1ccc(F)cc1C(F)(F)F. The monoisotopic (exact) mass is 251 g/mol. The third-order valence-electron chi connectivity index (χ3n) is 1.87. The Hall–Kier alpha value is -1.59.